The van der Waals surface area contributed by atoms with Gasteiger partial charge < -0.3 is 10.2 Å². The van der Waals surface area contributed by atoms with Crippen LogP contribution in [-0.2, 0) is 0 Å². The standard InChI is InChI=1S/C24H24N2O2S/c1-17-4-6-19(7-5-17)23(27)25-21-12-14-26(15-13-21)24(28)20-10-8-18(9-11-20)22-3-2-16-29-22/h2-11,16,21H,12-15H2,1H3,(H,25,27). The van der Waals surface area contributed by atoms with Gasteiger partial charge in [0.25, 0.3) is 11.8 Å². The first-order valence-electron chi connectivity index (χ1n) is 9.91. The second-order valence-corrected chi connectivity index (χ2v) is 8.41. The van der Waals surface area contributed by atoms with Crippen LogP contribution in [0.15, 0.2) is 66.0 Å². The lowest BCUT2D eigenvalue weighted by Crippen LogP contribution is -2.46. The molecule has 1 aliphatic heterocycles. The Morgan fingerprint density at radius 2 is 1.59 bits per heavy atom. The van der Waals surface area contributed by atoms with Gasteiger partial charge in [-0.25, -0.2) is 0 Å². The van der Waals surface area contributed by atoms with Crippen molar-refractivity contribution >= 4 is 23.2 Å². The third-order valence-corrected chi connectivity index (χ3v) is 6.29. The summed E-state index contributed by atoms with van der Waals surface area (Å²) in [7, 11) is 0. The van der Waals surface area contributed by atoms with E-state index in [9.17, 15) is 9.59 Å². The van der Waals surface area contributed by atoms with Crippen LogP contribution in [-0.4, -0.2) is 35.8 Å². The zero-order valence-corrected chi connectivity index (χ0v) is 17.2. The molecule has 0 aliphatic carbocycles. The molecule has 0 bridgehead atoms. The average Bonchev–Trinajstić information content (AvgIpc) is 3.29. The van der Waals surface area contributed by atoms with Crippen molar-refractivity contribution < 1.29 is 9.59 Å². The van der Waals surface area contributed by atoms with Crippen LogP contribution in [0.25, 0.3) is 10.4 Å². The summed E-state index contributed by atoms with van der Waals surface area (Å²) < 4.78 is 0. The number of carbonyl (C=O) groups excluding carboxylic acids is 2. The number of benzene rings is 2. The Morgan fingerprint density at radius 1 is 0.931 bits per heavy atom. The summed E-state index contributed by atoms with van der Waals surface area (Å²) in [5, 5.41) is 5.15. The first-order valence-corrected chi connectivity index (χ1v) is 10.8. The van der Waals surface area contributed by atoms with E-state index in [1.165, 1.54) is 4.88 Å². The second-order valence-electron chi connectivity index (χ2n) is 7.46. The Kier molecular flexibility index (Phi) is 5.76. The molecule has 1 saturated heterocycles. The molecule has 0 unspecified atom stereocenters. The van der Waals surface area contributed by atoms with Crippen LogP contribution in [0.4, 0.5) is 0 Å². The predicted octanol–water partition coefficient (Wildman–Crippen LogP) is 4.76. The maximum absolute atomic E-state index is 12.8. The minimum Gasteiger partial charge on any atom is -0.349 e. The van der Waals surface area contributed by atoms with E-state index in [0.717, 1.165) is 24.0 Å². The molecule has 2 aromatic carbocycles. The Morgan fingerprint density at radius 3 is 2.21 bits per heavy atom. The molecule has 2 heterocycles. The van der Waals surface area contributed by atoms with Gasteiger partial charge in [0, 0.05) is 35.1 Å². The maximum atomic E-state index is 12.8. The fraction of sp³-hybridized carbons (Fsp3) is 0.250. The highest BCUT2D eigenvalue weighted by Crippen LogP contribution is 2.25. The molecular weight excluding hydrogens is 380 g/mol. The van der Waals surface area contributed by atoms with E-state index in [0.29, 0.717) is 24.2 Å². The molecule has 0 atom stereocenters. The Hall–Kier alpha value is -2.92. The smallest absolute Gasteiger partial charge is 0.253 e. The third kappa shape index (κ3) is 4.57. The quantitative estimate of drug-likeness (QED) is 0.682. The maximum Gasteiger partial charge on any atom is 0.253 e. The van der Waals surface area contributed by atoms with E-state index in [2.05, 4.69) is 16.8 Å². The van der Waals surface area contributed by atoms with E-state index in [1.807, 2.05) is 66.4 Å². The van der Waals surface area contributed by atoms with Gasteiger partial charge >= 0.3 is 0 Å². The van der Waals surface area contributed by atoms with Crippen molar-refractivity contribution in [3.63, 3.8) is 0 Å². The predicted molar refractivity (Wildman–Crippen MR) is 117 cm³/mol. The van der Waals surface area contributed by atoms with Crippen LogP contribution < -0.4 is 5.32 Å². The normalized spacial score (nSPS) is 14.6. The molecule has 1 fully saturated rings. The van der Waals surface area contributed by atoms with Crippen LogP contribution in [0, 0.1) is 6.92 Å². The molecule has 5 heteroatoms. The number of hydrogen-bond acceptors (Lipinski definition) is 3. The van der Waals surface area contributed by atoms with Crippen molar-refractivity contribution in [1.82, 2.24) is 10.2 Å². The third-order valence-electron chi connectivity index (χ3n) is 5.37. The summed E-state index contributed by atoms with van der Waals surface area (Å²) in [6.07, 6.45) is 1.55. The molecule has 1 N–H and O–H groups in total. The number of likely N-dealkylation sites (tertiary alicyclic amines) is 1. The fourth-order valence-electron chi connectivity index (χ4n) is 3.60. The summed E-state index contributed by atoms with van der Waals surface area (Å²) in [6.45, 7) is 3.32. The molecule has 2 amide bonds. The van der Waals surface area contributed by atoms with Crippen molar-refractivity contribution in [2.75, 3.05) is 13.1 Å². The molecular formula is C24H24N2O2S. The fourth-order valence-corrected chi connectivity index (χ4v) is 4.34. The van der Waals surface area contributed by atoms with E-state index >= 15 is 0 Å². The van der Waals surface area contributed by atoms with E-state index < -0.39 is 0 Å². The molecule has 4 rings (SSSR count). The van der Waals surface area contributed by atoms with Crippen molar-refractivity contribution in [3.8, 4) is 10.4 Å². The van der Waals surface area contributed by atoms with Gasteiger partial charge in [-0.2, -0.15) is 0 Å². The van der Waals surface area contributed by atoms with Gasteiger partial charge in [-0.1, -0.05) is 35.9 Å². The Balaban J connectivity index is 1.31. The van der Waals surface area contributed by atoms with Crippen LogP contribution in [0.2, 0.25) is 0 Å². The lowest BCUT2D eigenvalue weighted by atomic mass is 10.0. The molecule has 0 saturated carbocycles. The highest BCUT2D eigenvalue weighted by atomic mass is 32.1. The van der Waals surface area contributed by atoms with Crippen LogP contribution in [0.5, 0.6) is 0 Å². The van der Waals surface area contributed by atoms with Gasteiger partial charge in [0.05, 0.1) is 0 Å². The van der Waals surface area contributed by atoms with Crippen molar-refractivity contribution in [2.45, 2.75) is 25.8 Å². The second kappa shape index (κ2) is 8.62. The van der Waals surface area contributed by atoms with Gasteiger partial charge in [-0.15, -0.1) is 11.3 Å². The van der Waals surface area contributed by atoms with E-state index in [1.54, 1.807) is 11.3 Å². The van der Waals surface area contributed by atoms with Crippen LogP contribution >= 0.6 is 11.3 Å². The van der Waals surface area contributed by atoms with Gasteiger partial charge in [-0.05, 0) is 61.0 Å². The summed E-state index contributed by atoms with van der Waals surface area (Å²) >= 11 is 1.69. The molecule has 3 aromatic rings. The number of nitrogens with one attached hydrogen (secondary N) is 1. The van der Waals surface area contributed by atoms with Crippen LogP contribution in [0.1, 0.15) is 39.1 Å². The number of piperidine rings is 1. The SMILES string of the molecule is Cc1ccc(C(=O)NC2CCN(C(=O)c3ccc(-c4cccs4)cc3)CC2)cc1. The molecule has 4 nitrogen and oxygen atoms in total. The van der Waals surface area contributed by atoms with Gasteiger partial charge in [-0.3, -0.25) is 9.59 Å². The van der Waals surface area contributed by atoms with Crippen LogP contribution in [0.3, 0.4) is 0 Å². The molecule has 1 aliphatic rings. The van der Waals surface area contributed by atoms with Gasteiger partial charge in [0.2, 0.25) is 0 Å². The van der Waals surface area contributed by atoms with E-state index in [-0.39, 0.29) is 17.9 Å². The molecule has 0 spiro atoms. The first kappa shape index (κ1) is 19.4. The highest BCUT2D eigenvalue weighted by Gasteiger charge is 2.25. The van der Waals surface area contributed by atoms with Gasteiger partial charge in [0.1, 0.15) is 0 Å². The number of carbonyl (C=O) groups is 2. The monoisotopic (exact) mass is 404 g/mol. The lowest BCUT2D eigenvalue weighted by Gasteiger charge is -2.32. The number of aryl methyl sites for hydroxylation is 1. The minimum absolute atomic E-state index is 0.0426. The zero-order valence-electron chi connectivity index (χ0n) is 16.4. The topological polar surface area (TPSA) is 49.4 Å². The minimum atomic E-state index is -0.0426. The number of thiophene rings is 1. The number of nitrogens with zero attached hydrogens (tertiary/aromatic N) is 1. The molecule has 148 valence electrons. The Labute approximate surface area is 175 Å². The zero-order chi connectivity index (χ0) is 20.2. The average molecular weight is 405 g/mol. The number of amides is 2. The summed E-state index contributed by atoms with van der Waals surface area (Å²) in [6, 6.07) is 19.6. The largest absolute Gasteiger partial charge is 0.349 e. The van der Waals surface area contributed by atoms with Gasteiger partial charge in [0.15, 0.2) is 0 Å². The summed E-state index contributed by atoms with van der Waals surface area (Å²) in [5.41, 5.74) is 3.67. The van der Waals surface area contributed by atoms with E-state index in [4.69, 9.17) is 0 Å². The van der Waals surface area contributed by atoms with Crippen molar-refractivity contribution in [2.24, 2.45) is 0 Å². The Bertz CT molecular complexity index is 971. The summed E-state index contributed by atoms with van der Waals surface area (Å²) in [4.78, 5) is 28.3. The highest BCUT2D eigenvalue weighted by molar-refractivity contribution is 7.13. The molecule has 0 radical (unpaired) electrons. The molecule has 29 heavy (non-hydrogen) atoms. The number of hydrogen-bond donors (Lipinski definition) is 1. The summed E-state index contributed by atoms with van der Waals surface area (Å²) in [5.74, 6) is 0.0185. The number of rotatable bonds is 4. The van der Waals surface area contributed by atoms with Crippen molar-refractivity contribution in [3.05, 3.63) is 82.7 Å². The first-order chi connectivity index (χ1) is 14.1. The lowest BCUT2D eigenvalue weighted by molar-refractivity contribution is 0.0698. The molecule has 1 aromatic heterocycles. The van der Waals surface area contributed by atoms with Crippen molar-refractivity contribution in [1.29, 1.82) is 0 Å².